The van der Waals surface area contributed by atoms with E-state index >= 15 is 0 Å². The molecular formula is C25H36F2O3. The van der Waals surface area contributed by atoms with Crippen LogP contribution in [0.15, 0.2) is 24.3 Å². The van der Waals surface area contributed by atoms with Crippen molar-refractivity contribution < 1.29 is 23.0 Å². The zero-order valence-corrected chi connectivity index (χ0v) is 18.4. The highest BCUT2D eigenvalue weighted by Crippen LogP contribution is 2.37. The molecule has 2 unspecified atom stereocenters. The van der Waals surface area contributed by atoms with E-state index in [1.54, 1.807) is 12.1 Å². The third-order valence-corrected chi connectivity index (χ3v) is 6.33. The molecule has 1 aliphatic heterocycles. The summed E-state index contributed by atoms with van der Waals surface area (Å²) in [4.78, 5) is 0. The number of halogens is 2. The largest absolute Gasteiger partial charge is 0.490 e. The smallest absolute Gasteiger partial charge is 0.200 e. The number of benzene rings is 1. The van der Waals surface area contributed by atoms with E-state index in [-0.39, 0.29) is 23.9 Å². The van der Waals surface area contributed by atoms with E-state index in [1.807, 2.05) is 19.9 Å². The molecule has 0 bridgehead atoms. The molecule has 2 aliphatic rings. The molecule has 1 heterocycles. The van der Waals surface area contributed by atoms with Crippen molar-refractivity contribution in [3.8, 4) is 5.75 Å². The fraction of sp³-hybridized carbons (Fsp3) is 0.680. The standard InChI is InChI=1S/C25H36F2O3/c1-3-5-15-28-23-14-13-22(24(26)25(23)27)19-8-11-21(12-9-19)30-17-18-7-10-20(6-4-2)29-16-18/h4,6,13-14,18-21H,3,5,7-12,15-17H2,1-2H3/b6-4+. The monoisotopic (exact) mass is 422 g/mol. The number of ether oxygens (including phenoxy) is 3. The van der Waals surface area contributed by atoms with Gasteiger partial charge in [-0.1, -0.05) is 31.6 Å². The Morgan fingerprint density at radius 1 is 1.07 bits per heavy atom. The van der Waals surface area contributed by atoms with Gasteiger partial charge < -0.3 is 14.2 Å². The average Bonchev–Trinajstić information content (AvgIpc) is 2.77. The van der Waals surface area contributed by atoms with Crippen LogP contribution in [0.3, 0.4) is 0 Å². The van der Waals surface area contributed by atoms with Crippen molar-refractivity contribution >= 4 is 0 Å². The van der Waals surface area contributed by atoms with Crippen molar-refractivity contribution in [3.63, 3.8) is 0 Å². The minimum atomic E-state index is -0.851. The normalized spacial score (nSPS) is 27.5. The predicted octanol–water partition coefficient (Wildman–Crippen LogP) is 6.56. The van der Waals surface area contributed by atoms with Gasteiger partial charge in [-0.15, -0.1) is 0 Å². The van der Waals surface area contributed by atoms with Gasteiger partial charge in [-0.25, -0.2) is 4.39 Å². The first kappa shape index (κ1) is 23.2. The molecule has 1 saturated carbocycles. The molecule has 0 spiro atoms. The second kappa shape index (κ2) is 11.8. The van der Waals surface area contributed by atoms with Crippen molar-refractivity contribution in [1.29, 1.82) is 0 Å². The Bertz CT molecular complexity index is 675. The van der Waals surface area contributed by atoms with Gasteiger partial charge >= 0.3 is 0 Å². The molecular weight excluding hydrogens is 386 g/mol. The maximum absolute atomic E-state index is 14.6. The van der Waals surface area contributed by atoms with Crippen LogP contribution < -0.4 is 4.74 Å². The second-order valence-electron chi connectivity index (χ2n) is 8.63. The van der Waals surface area contributed by atoms with Crippen LogP contribution in [0.4, 0.5) is 8.78 Å². The van der Waals surface area contributed by atoms with Gasteiger partial charge in [0.25, 0.3) is 0 Å². The van der Waals surface area contributed by atoms with Gasteiger partial charge in [-0.05, 0) is 69.4 Å². The summed E-state index contributed by atoms with van der Waals surface area (Å²) in [5.74, 6) is -1.08. The molecule has 5 heteroatoms. The Morgan fingerprint density at radius 3 is 2.53 bits per heavy atom. The predicted molar refractivity (Wildman–Crippen MR) is 115 cm³/mol. The van der Waals surface area contributed by atoms with E-state index in [2.05, 4.69) is 6.08 Å². The molecule has 30 heavy (non-hydrogen) atoms. The van der Waals surface area contributed by atoms with E-state index in [9.17, 15) is 8.78 Å². The molecule has 1 saturated heterocycles. The van der Waals surface area contributed by atoms with Crippen molar-refractivity contribution in [2.24, 2.45) is 5.92 Å². The first-order valence-electron chi connectivity index (χ1n) is 11.6. The first-order valence-corrected chi connectivity index (χ1v) is 11.6. The average molecular weight is 423 g/mol. The fourth-order valence-corrected chi connectivity index (χ4v) is 4.44. The Morgan fingerprint density at radius 2 is 1.87 bits per heavy atom. The van der Waals surface area contributed by atoms with Crippen LogP contribution in [-0.4, -0.2) is 32.0 Å². The van der Waals surface area contributed by atoms with Crippen LogP contribution in [0.1, 0.15) is 76.7 Å². The highest BCUT2D eigenvalue weighted by atomic mass is 19.2. The lowest BCUT2D eigenvalue weighted by Gasteiger charge is -2.32. The van der Waals surface area contributed by atoms with E-state index in [4.69, 9.17) is 14.2 Å². The van der Waals surface area contributed by atoms with Crippen molar-refractivity contribution in [3.05, 3.63) is 41.5 Å². The van der Waals surface area contributed by atoms with Crippen molar-refractivity contribution in [2.75, 3.05) is 19.8 Å². The van der Waals surface area contributed by atoms with Gasteiger partial charge in [0, 0.05) is 5.92 Å². The lowest BCUT2D eigenvalue weighted by atomic mass is 9.82. The number of hydrogen-bond acceptors (Lipinski definition) is 3. The van der Waals surface area contributed by atoms with Gasteiger partial charge in [0.05, 0.1) is 32.0 Å². The maximum Gasteiger partial charge on any atom is 0.200 e. The highest BCUT2D eigenvalue weighted by molar-refractivity contribution is 5.33. The lowest BCUT2D eigenvalue weighted by molar-refractivity contribution is -0.0503. The third-order valence-electron chi connectivity index (χ3n) is 6.33. The Kier molecular flexibility index (Phi) is 9.13. The second-order valence-corrected chi connectivity index (χ2v) is 8.63. The molecule has 0 amide bonds. The minimum absolute atomic E-state index is 0.0214. The summed E-state index contributed by atoms with van der Waals surface area (Å²) >= 11 is 0. The Balaban J connectivity index is 1.43. The third kappa shape index (κ3) is 6.27. The molecule has 0 radical (unpaired) electrons. The van der Waals surface area contributed by atoms with Crippen LogP contribution in [-0.2, 0) is 9.47 Å². The van der Waals surface area contributed by atoms with Crippen LogP contribution in [0.25, 0.3) is 0 Å². The Hall–Kier alpha value is -1.46. The van der Waals surface area contributed by atoms with Gasteiger partial charge in [0.15, 0.2) is 11.6 Å². The Labute approximate surface area is 179 Å². The number of hydrogen-bond donors (Lipinski definition) is 0. The lowest BCUT2D eigenvalue weighted by Crippen LogP contribution is -2.30. The molecule has 2 fully saturated rings. The van der Waals surface area contributed by atoms with Crippen molar-refractivity contribution in [1.82, 2.24) is 0 Å². The maximum atomic E-state index is 14.6. The summed E-state index contributed by atoms with van der Waals surface area (Å²) in [6.45, 7) is 5.95. The van der Waals surface area contributed by atoms with Gasteiger partial charge in [0.2, 0.25) is 5.82 Å². The van der Waals surface area contributed by atoms with Crippen LogP contribution in [0, 0.1) is 17.6 Å². The first-order chi connectivity index (χ1) is 14.6. The van der Waals surface area contributed by atoms with Crippen LogP contribution in [0.5, 0.6) is 5.75 Å². The molecule has 3 rings (SSSR count). The molecule has 1 aliphatic carbocycles. The molecule has 0 N–H and O–H groups in total. The van der Waals surface area contributed by atoms with Gasteiger partial charge in [-0.2, -0.15) is 4.39 Å². The van der Waals surface area contributed by atoms with E-state index < -0.39 is 11.6 Å². The number of rotatable bonds is 9. The number of unbranched alkanes of at least 4 members (excludes halogenated alkanes) is 1. The van der Waals surface area contributed by atoms with Gasteiger partial charge in [0.1, 0.15) is 0 Å². The summed E-state index contributed by atoms with van der Waals surface area (Å²) in [6.07, 6.45) is 12.0. The molecule has 3 nitrogen and oxygen atoms in total. The zero-order valence-electron chi connectivity index (χ0n) is 18.4. The molecule has 1 aromatic rings. The summed E-state index contributed by atoms with van der Waals surface area (Å²) in [5.41, 5.74) is 0.476. The van der Waals surface area contributed by atoms with E-state index in [0.717, 1.165) is 64.6 Å². The fourth-order valence-electron chi connectivity index (χ4n) is 4.44. The SMILES string of the molecule is C/C=C/C1CCC(COC2CCC(c3ccc(OCCCC)c(F)c3F)CC2)CO1. The summed E-state index contributed by atoms with van der Waals surface area (Å²) in [7, 11) is 0. The summed E-state index contributed by atoms with van der Waals surface area (Å²) < 4.78 is 46.4. The molecule has 168 valence electrons. The molecule has 0 aromatic heterocycles. The topological polar surface area (TPSA) is 27.7 Å². The van der Waals surface area contributed by atoms with E-state index in [1.165, 1.54) is 0 Å². The quantitative estimate of drug-likeness (QED) is 0.333. The zero-order chi connectivity index (χ0) is 21.3. The van der Waals surface area contributed by atoms with Crippen molar-refractivity contribution in [2.45, 2.75) is 83.3 Å². The molecule has 1 aromatic carbocycles. The minimum Gasteiger partial charge on any atom is -0.490 e. The van der Waals surface area contributed by atoms with Crippen LogP contribution >= 0.6 is 0 Å². The van der Waals surface area contributed by atoms with E-state index in [0.29, 0.717) is 18.1 Å². The highest BCUT2D eigenvalue weighted by Gasteiger charge is 2.28. The molecule has 2 atom stereocenters. The number of allylic oxidation sites excluding steroid dienone is 1. The van der Waals surface area contributed by atoms with Gasteiger partial charge in [-0.3, -0.25) is 0 Å². The van der Waals surface area contributed by atoms with Crippen LogP contribution in [0.2, 0.25) is 0 Å². The summed E-state index contributed by atoms with van der Waals surface area (Å²) in [5, 5.41) is 0. The summed E-state index contributed by atoms with van der Waals surface area (Å²) in [6, 6.07) is 3.28.